The quantitative estimate of drug-likeness (QED) is 0.0206. The molecule has 0 aliphatic rings. The van der Waals surface area contributed by atoms with E-state index in [9.17, 15) is 19.0 Å². The molecule has 0 saturated heterocycles. The van der Waals surface area contributed by atoms with Crippen LogP contribution in [-0.2, 0) is 27.9 Å². The van der Waals surface area contributed by atoms with Crippen molar-refractivity contribution in [2.75, 3.05) is 40.9 Å². The highest BCUT2D eigenvalue weighted by molar-refractivity contribution is 7.47. The summed E-state index contributed by atoms with van der Waals surface area (Å²) in [6, 6.07) is -0.878. The van der Waals surface area contributed by atoms with Gasteiger partial charge in [0.2, 0.25) is 5.91 Å². The third-order valence-corrected chi connectivity index (χ3v) is 12.0. The summed E-state index contributed by atoms with van der Waals surface area (Å²) in [5.74, 6) is -0.597. The zero-order chi connectivity index (χ0) is 45.8. The molecule has 0 aromatic rings. The van der Waals surface area contributed by atoms with Gasteiger partial charge >= 0.3 is 13.8 Å². The number of hydrogen-bond acceptors (Lipinski definition) is 6. The van der Waals surface area contributed by atoms with E-state index in [-0.39, 0.29) is 37.9 Å². The van der Waals surface area contributed by atoms with Crippen LogP contribution in [0.5, 0.6) is 0 Å². The number of ether oxygens (including phenoxy) is 1. The highest BCUT2D eigenvalue weighted by Gasteiger charge is 2.30. The van der Waals surface area contributed by atoms with Gasteiger partial charge in [-0.3, -0.25) is 18.6 Å². The summed E-state index contributed by atoms with van der Waals surface area (Å²) in [4.78, 5) is 37.3. The summed E-state index contributed by atoms with van der Waals surface area (Å²) in [6.07, 6.45) is 49.8. The van der Waals surface area contributed by atoms with Gasteiger partial charge in [-0.05, 0) is 70.3 Å². The number of nitrogens with zero attached hydrogens (tertiary/aromatic N) is 1. The Morgan fingerprint density at radius 1 is 0.565 bits per heavy atom. The molecular weight excluding hydrogens is 796 g/mol. The molecule has 0 spiro atoms. The molecule has 9 nitrogen and oxygen atoms in total. The van der Waals surface area contributed by atoms with Crippen molar-refractivity contribution < 1.29 is 37.3 Å². The van der Waals surface area contributed by atoms with Crippen LogP contribution in [0.2, 0.25) is 0 Å². The van der Waals surface area contributed by atoms with E-state index in [1.165, 1.54) is 103 Å². The molecule has 0 aliphatic heterocycles. The Hall–Kier alpha value is -2.03. The van der Waals surface area contributed by atoms with Crippen molar-refractivity contribution in [3.8, 4) is 0 Å². The Bertz CT molecular complexity index is 1210. The van der Waals surface area contributed by atoms with Crippen LogP contribution in [0.1, 0.15) is 220 Å². The van der Waals surface area contributed by atoms with Crippen LogP contribution in [0.4, 0.5) is 0 Å². The van der Waals surface area contributed by atoms with Gasteiger partial charge in [0.1, 0.15) is 19.3 Å². The number of rotatable bonds is 45. The topological polar surface area (TPSA) is 111 Å². The highest BCUT2D eigenvalue weighted by atomic mass is 31.2. The van der Waals surface area contributed by atoms with Crippen LogP contribution in [0.15, 0.2) is 48.6 Å². The summed E-state index contributed by atoms with van der Waals surface area (Å²) >= 11 is 0. The number of phosphoric acid groups is 1. The fraction of sp³-hybridized carbons (Fsp3) is 0.808. The lowest BCUT2D eigenvalue weighted by Gasteiger charge is -2.27. The number of esters is 1. The molecule has 0 aromatic carbocycles. The second-order valence-corrected chi connectivity index (χ2v) is 19.8. The van der Waals surface area contributed by atoms with E-state index in [0.29, 0.717) is 17.4 Å². The zero-order valence-corrected chi connectivity index (χ0v) is 42.0. The normalized spacial score (nSPS) is 14.4. The first-order valence-electron chi connectivity index (χ1n) is 25.5. The molecule has 10 heteroatoms. The number of nitrogens with one attached hydrogen (secondary N) is 1. The lowest BCUT2D eigenvalue weighted by atomic mass is 10.1. The monoisotopic (exact) mass is 894 g/mol. The molecule has 3 unspecified atom stereocenters. The van der Waals surface area contributed by atoms with Gasteiger partial charge in [-0.25, -0.2) is 4.57 Å². The Morgan fingerprint density at radius 2 is 1.02 bits per heavy atom. The molecule has 0 rings (SSSR count). The molecule has 0 saturated carbocycles. The van der Waals surface area contributed by atoms with Crippen molar-refractivity contribution in [3.05, 3.63) is 48.6 Å². The zero-order valence-electron chi connectivity index (χ0n) is 41.1. The van der Waals surface area contributed by atoms with Gasteiger partial charge in [-0.15, -0.1) is 0 Å². The van der Waals surface area contributed by atoms with Crippen LogP contribution >= 0.6 is 7.82 Å². The predicted molar refractivity (Wildman–Crippen MR) is 263 cm³/mol. The smallest absolute Gasteiger partial charge is 0.456 e. The number of carbonyl (C=O) groups is 2. The molecule has 0 radical (unpaired) electrons. The van der Waals surface area contributed by atoms with Gasteiger partial charge in [-0.1, -0.05) is 185 Å². The first-order chi connectivity index (χ1) is 29.9. The van der Waals surface area contributed by atoms with E-state index in [1.54, 1.807) is 0 Å². The standard InChI is InChI=1S/C52H97N2O7P/c1-7-10-13-16-19-22-25-27-30-32-35-38-41-44-51(55)53-49(48-60-62(57,58)59-47-46-54(4,5)6)50(43-40-37-34-31-29-26-23-20-17-14-11-8-2)61-52(56)45-42-39-36-33-28-24-21-18-15-12-9-3/h18,21,27,30,35,38,40,43,49-50H,7-17,19-20,22-26,28-29,31-34,36-37,39,41-42,44-48H2,1-6H3,(H-,53,55,57,58)/p+1/b21-18-,30-27-,38-35+,43-40+. The number of phosphoric ester groups is 1. The first-order valence-corrected chi connectivity index (χ1v) is 27.0. The van der Waals surface area contributed by atoms with Crippen LogP contribution in [0, 0.1) is 0 Å². The summed E-state index contributed by atoms with van der Waals surface area (Å²) in [7, 11) is 1.46. The average molecular weight is 894 g/mol. The third-order valence-electron chi connectivity index (χ3n) is 11.0. The number of likely N-dealkylation sites (N-methyl/N-ethyl adjacent to an activating group) is 1. The van der Waals surface area contributed by atoms with Crippen molar-refractivity contribution in [2.24, 2.45) is 0 Å². The summed E-state index contributed by atoms with van der Waals surface area (Å²) in [6.45, 7) is 6.89. The maximum Gasteiger partial charge on any atom is 0.472 e. The van der Waals surface area contributed by atoms with Crippen molar-refractivity contribution in [2.45, 2.75) is 232 Å². The number of allylic oxidation sites excluding steroid dienone is 7. The van der Waals surface area contributed by atoms with Crippen LogP contribution in [0.3, 0.4) is 0 Å². The van der Waals surface area contributed by atoms with Crippen molar-refractivity contribution in [1.29, 1.82) is 0 Å². The lowest BCUT2D eigenvalue weighted by Crippen LogP contribution is -2.47. The maximum atomic E-state index is 13.4. The molecule has 0 bridgehead atoms. The molecule has 3 atom stereocenters. The number of carbonyl (C=O) groups excluding carboxylic acids is 2. The maximum absolute atomic E-state index is 13.4. The van der Waals surface area contributed by atoms with Gasteiger partial charge in [-0.2, -0.15) is 0 Å². The molecule has 0 aromatic heterocycles. The van der Waals surface area contributed by atoms with Crippen LogP contribution < -0.4 is 5.32 Å². The molecule has 62 heavy (non-hydrogen) atoms. The van der Waals surface area contributed by atoms with E-state index >= 15 is 0 Å². The number of amides is 1. The Balaban J connectivity index is 5.55. The fourth-order valence-corrected chi connectivity index (χ4v) is 7.70. The minimum atomic E-state index is -4.45. The lowest BCUT2D eigenvalue weighted by molar-refractivity contribution is -0.870. The van der Waals surface area contributed by atoms with Gasteiger partial charge in [0.25, 0.3) is 0 Å². The van der Waals surface area contributed by atoms with E-state index in [4.69, 9.17) is 13.8 Å². The van der Waals surface area contributed by atoms with E-state index in [0.717, 1.165) is 77.0 Å². The summed E-state index contributed by atoms with van der Waals surface area (Å²) < 4.78 is 30.4. The SMILES string of the molecule is CCCC/C=C\CCCCCCCC(=O)OC(/C=C/CCCCCCCCCCCC)C(COP(=O)(O)OCC[N+](C)(C)C)NC(=O)CC/C=C/C/C=C\CCCCCCCC. The first kappa shape index (κ1) is 60.0. The average Bonchev–Trinajstić information content (AvgIpc) is 3.22. The molecule has 362 valence electrons. The van der Waals surface area contributed by atoms with Gasteiger partial charge < -0.3 is 19.4 Å². The van der Waals surface area contributed by atoms with Crippen molar-refractivity contribution in [3.63, 3.8) is 0 Å². The van der Waals surface area contributed by atoms with Gasteiger partial charge in [0, 0.05) is 12.8 Å². The minimum Gasteiger partial charge on any atom is -0.456 e. The van der Waals surface area contributed by atoms with Gasteiger partial charge in [0.15, 0.2) is 0 Å². The van der Waals surface area contributed by atoms with Crippen LogP contribution in [0.25, 0.3) is 0 Å². The van der Waals surface area contributed by atoms with Crippen LogP contribution in [-0.4, -0.2) is 74.3 Å². The largest absolute Gasteiger partial charge is 0.472 e. The molecular formula is C52H98N2O7P+. The molecule has 0 aliphatic carbocycles. The minimum absolute atomic E-state index is 0.0295. The van der Waals surface area contributed by atoms with E-state index in [2.05, 4.69) is 56.5 Å². The highest BCUT2D eigenvalue weighted by Crippen LogP contribution is 2.43. The van der Waals surface area contributed by atoms with Crippen molar-refractivity contribution in [1.82, 2.24) is 5.32 Å². The summed E-state index contributed by atoms with van der Waals surface area (Å²) in [5.41, 5.74) is 0. The Kier molecular flexibility index (Phi) is 41.5. The number of unbranched alkanes of at least 4 members (excludes halogenated alkanes) is 23. The number of hydrogen-bond donors (Lipinski definition) is 2. The molecule has 0 fully saturated rings. The fourth-order valence-electron chi connectivity index (χ4n) is 6.97. The molecule has 2 N–H and O–H groups in total. The number of quaternary nitrogens is 1. The molecule has 0 heterocycles. The van der Waals surface area contributed by atoms with Gasteiger partial charge in [0.05, 0.1) is 33.8 Å². The van der Waals surface area contributed by atoms with Crippen molar-refractivity contribution >= 4 is 19.7 Å². The Labute approximate surface area is 382 Å². The summed E-state index contributed by atoms with van der Waals surface area (Å²) in [5, 5.41) is 2.99. The molecule has 1 amide bonds. The Morgan fingerprint density at radius 3 is 1.55 bits per heavy atom. The van der Waals surface area contributed by atoms with E-state index < -0.39 is 20.0 Å². The van der Waals surface area contributed by atoms with E-state index in [1.807, 2.05) is 39.4 Å². The second-order valence-electron chi connectivity index (χ2n) is 18.3. The third kappa shape index (κ3) is 43.2. The second kappa shape index (κ2) is 42.9. The predicted octanol–water partition coefficient (Wildman–Crippen LogP) is 14.6.